The van der Waals surface area contributed by atoms with Gasteiger partial charge in [-0.15, -0.1) is 0 Å². The molecular weight excluding hydrogens is 372 g/mol. The molecule has 5 nitrogen and oxygen atoms in total. The van der Waals surface area contributed by atoms with Gasteiger partial charge in [0.05, 0.1) is 19.3 Å². The standard InChI is InChI=1S/C22H18N2O3S/c25-21(15-7-2-1-3-8-15)23-22(28)24-20-16(13-27-24)12-26-18-11-10-14-6-4-5-9-17(14)19(18)20/h1-11,16,20H,12-13H2,(H,23,25,28)/t16-,20-/m1/s1. The van der Waals surface area contributed by atoms with Crippen molar-refractivity contribution < 1.29 is 14.4 Å². The first-order valence-electron chi connectivity index (χ1n) is 9.19. The molecule has 1 fully saturated rings. The number of fused-ring (bicyclic) bond motifs is 5. The molecule has 0 saturated carbocycles. The molecule has 2 aliphatic rings. The third kappa shape index (κ3) is 2.82. The van der Waals surface area contributed by atoms with Crippen LogP contribution in [0, 0.1) is 5.92 Å². The maximum atomic E-state index is 12.5. The van der Waals surface area contributed by atoms with Crippen LogP contribution in [0.3, 0.4) is 0 Å². The van der Waals surface area contributed by atoms with Crippen LogP contribution in [-0.2, 0) is 4.84 Å². The molecule has 2 heterocycles. The van der Waals surface area contributed by atoms with Crippen molar-refractivity contribution in [3.63, 3.8) is 0 Å². The average molecular weight is 390 g/mol. The van der Waals surface area contributed by atoms with E-state index in [0.29, 0.717) is 18.8 Å². The van der Waals surface area contributed by atoms with Crippen molar-refractivity contribution in [3.05, 3.63) is 77.9 Å². The Morgan fingerprint density at radius 3 is 2.64 bits per heavy atom. The van der Waals surface area contributed by atoms with Crippen LogP contribution in [0.1, 0.15) is 22.0 Å². The Bertz CT molecular complexity index is 1070. The molecule has 3 aromatic carbocycles. The molecule has 0 bridgehead atoms. The summed E-state index contributed by atoms with van der Waals surface area (Å²) in [5.41, 5.74) is 1.61. The lowest BCUT2D eigenvalue weighted by Gasteiger charge is -2.33. The van der Waals surface area contributed by atoms with Crippen LogP contribution in [0.2, 0.25) is 0 Å². The van der Waals surface area contributed by atoms with E-state index in [1.165, 1.54) is 0 Å². The minimum Gasteiger partial charge on any atom is -0.493 e. The fourth-order valence-electron chi connectivity index (χ4n) is 3.93. The third-order valence-electron chi connectivity index (χ3n) is 5.26. The average Bonchev–Trinajstić information content (AvgIpc) is 3.18. The number of rotatable bonds is 1. The molecule has 0 radical (unpaired) electrons. The maximum Gasteiger partial charge on any atom is 0.257 e. The van der Waals surface area contributed by atoms with Gasteiger partial charge in [-0.25, -0.2) is 5.06 Å². The number of hydroxylamine groups is 2. The zero-order valence-corrected chi connectivity index (χ0v) is 15.8. The number of thiocarbonyl (C=S) groups is 1. The van der Waals surface area contributed by atoms with Gasteiger partial charge in [0.25, 0.3) is 5.91 Å². The topological polar surface area (TPSA) is 50.8 Å². The Hall–Kier alpha value is -2.96. The zero-order chi connectivity index (χ0) is 19.1. The normalized spacial score (nSPS) is 20.2. The van der Waals surface area contributed by atoms with Gasteiger partial charge < -0.3 is 4.74 Å². The maximum absolute atomic E-state index is 12.5. The fourth-order valence-corrected chi connectivity index (χ4v) is 4.19. The van der Waals surface area contributed by atoms with Crippen molar-refractivity contribution in [2.75, 3.05) is 13.2 Å². The number of nitrogens with one attached hydrogen (secondary N) is 1. The van der Waals surface area contributed by atoms with Crippen molar-refractivity contribution in [2.45, 2.75) is 6.04 Å². The van der Waals surface area contributed by atoms with E-state index in [4.69, 9.17) is 21.8 Å². The molecule has 140 valence electrons. The second kappa shape index (κ2) is 6.89. The van der Waals surface area contributed by atoms with Gasteiger partial charge in [-0.05, 0) is 41.2 Å². The van der Waals surface area contributed by atoms with Gasteiger partial charge in [-0.1, -0.05) is 48.5 Å². The number of carbonyl (C=O) groups excluding carboxylic acids is 1. The van der Waals surface area contributed by atoms with Crippen LogP contribution in [0.5, 0.6) is 5.75 Å². The highest BCUT2D eigenvalue weighted by molar-refractivity contribution is 7.80. The van der Waals surface area contributed by atoms with E-state index in [1.54, 1.807) is 17.2 Å². The van der Waals surface area contributed by atoms with E-state index in [2.05, 4.69) is 23.5 Å². The summed E-state index contributed by atoms with van der Waals surface area (Å²) in [7, 11) is 0. The Morgan fingerprint density at radius 2 is 1.79 bits per heavy atom. The van der Waals surface area contributed by atoms with Crippen molar-refractivity contribution in [3.8, 4) is 5.75 Å². The van der Waals surface area contributed by atoms with Gasteiger partial charge in [0.1, 0.15) is 5.75 Å². The molecule has 1 N–H and O–H groups in total. The number of carbonyl (C=O) groups is 1. The van der Waals surface area contributed by atoms with Gasteiger partial charge in [0.2, 0.25) is 5.11 Å². The largest absolute Gasteiger partial charge is 0.493 e. The molecule has 6 heteroatoms. The van der Waals surface area contributed by atoms with Crippen LogP contribution in [0.15, 0.2) is 66.7 Å². The predicted molar refractivity (Wildman–Crippen MR) is 110 cm³/mol. The Labute approximate surface area is 167 Å². The lowest BCUT2D eigenvalue weighted by atomic mass is 9.88. The Balaban J connectivity index is 1.49. The first-order valence-corrected chi connectivity index (χ1v) is 9.60. The van der Waals surface area contributed by atoms with E-state index in [0.717, 1.165) is 22.1 Å². The van der Waals surface area contributed by atoms with Crippen molar-refractivity contribution >= 4 is 34.0 Å². The molecule has 0 unspecified atom stereocenters. The van der Waals surface area contributed by atoms with E-state index >= 15 is 0 Å². The molecule has 0 spiro atoms. The number of ether oxygens (including phenoxy) is 1. The summed E-state index contributed by atoms with van der Waals surface area (Å²) in [6, 6.07) is 21.2. The summed E-state index contributed by atoms with van der Waals surface area (Å²) in [4.78, 5) is 18.4. The molecule has 3 aromatic rings. The summed E-state index contributed by atoms with van der Waals surface area (Å²) in [5, 5.41) is 6.98. The summed E-state index contributed by atoms with van der Waals surface area (Å²) in [5.74, 6) is 0.736. The minimum absolute atomic E-state index is 0.0987. The first-order chi connectivity index (χ1) is 13.7. The van der Waals surface area contributed by atoms with E-state index in [1.807, 2.05) is 36.4 Å². The molecule has 2 atom stereocenters. The van der Waals surface area contributed by atoms with E-state index in [-0.39, 0.29) is 23.0 Å². The first kappa shape index (κ1) is 17.2. The lowest BCUT2D eigenvalue weighted by molar-refractivity contribution is -0.0663. The van der Waals surface area contributed by atoms with Gasteiger partial charge >= 0.3 is 0 Å². The summed E-state index contributed by atoms with van der Waals surface area (Å²) in [6.45, 7) is 1.05. The van der Waals surface area contributed by atoms with E-state index in [9.17, 15) is 4.79 Å². The van der Waals surface area contributed by atoms with E-state index < -0.39 is 0 Å². The molecule has 28 heavy (non-hydrogen) atoms. The van der Waals surface area contributed by atoms with Gasteiger partial charge in [0, 0.05) is 17.0 Å². The minimum atomic E-state index is -0.247. The van der Waals surface area contributed by atoms with Crippen LogP contribution in [0.4, 0.5) is 0 Å². The number of hydrogen-bond donors (Lipinski definition) is 1. The SMILES string of the molecule is O=C(NC(=S)N1OC[C@H]2COc3ccc4ccccc4c3[C@@H]21)c1ccccc1. The number of benzene rings is 3. The quantitative estimate of drug-likeness (QED) is 0.640. The predicted octanol–water partition coefficient (Wildman–Crippen LogP) is 3.85. The Morgan fingerprint density at radius 1 is 1.00 bits per heavy atom. The molecule has 5 rings (SSSR count). The van der Waals surface area contributed by atoms with Gasteiger partial charge in [-0.2, -0.15) is 0 Å². The molecular formula is C22H18N2O3S. The number of hydrogen-bond acceptors (Lipinski definition) is 4. The smallest absolute Gasteiger partial charge is 0.257 e. The molecule has 0 aromatic heterocycles. The van der Waals surface area contributed by atoms with Crippen molar-refractivity contribution in [1.29, 1.82) is 0 Å². The number of nitrogens with zero attached hydrogens (tertiary/aromatic N) is 1. The second-order valence-corrected chi connectivity index (χ2v) is 7.35. The van der Waals surface area contributed by atoms with Gasteiger partial charge in [-0.3, -0.25) is 14.9 Å². The van der Waals surface area contributed by atoms with Gasteiger partial charge in [0.15, 0.2) is 0 Å². The lowest BCUT2D eigenvalue weighted by Crippen LogP contribution is -2.43. The highest BCUT2D eigenvalue weighted by atomic mass is 32.1. The molecule has 0 aliphatic carbocycles. The molecule has 1 saturated heterocycles. The fraction of sp³-hybridized carbons (Fsp3) is 0.182. The second-order valence-electron chi connectivity index (χ2n) is 6.96. The van der Waals surface area contributed by atoms with Crippen molar-refractivity contribution in [2.24, 2.45) is 5.92 Å². The molecule has 1 amide bonds. The van der Waals surface area contributed by atoms with Crippen LogP contribution >= 0.6 is 12.2 Å². The number of amides is 1. The van der Waals surface area contributed by atoms with Crippen LogP contribution < -0.4 is 10.1 Å². The summed E-state index contributed by atoms with van der Waals surface area (Å²) < 4.78 is 5.99. The highest BCUT2D eigenvalue weighted by Gasteiger charge is 2.44. The Kier molecular flexibility index (Phi) is 4.22. The summed E-state index contributed by atoms with van der Waals surface area (Å²) in [6.07, 6.45) is 0. The molecule has 2 aliphatic heterocycles. The van der Waals surface area contributed by atoms with Crippen LogP contribution in [0.25, 0.3) is 10.8 Å². The monoisotopic (exact) mass is 390 g/mol. The summed E-state index contributed by atoms with van der Waals surface area (Å²) >= 11 is 5.54. The van der Waals surface area contributed by atoms with Crippen molar-refractivity contribution in [1.82, 2.24) is 10.4 Å². The third-order valence-corrected chi connectivity index (χ3v) is 5.54. The zero-order valence-electron chi connectivity index (χ0n) is 15.0. The highest BCUT2D eigenvalue weighted by Crippen LogP contribution is 2.46. The van der Waals surface area contributed by atoms with Crippen LogP contribution in [-0.4, -0.2) is 29.3 Å².